The zero-order valence-electron chi connectivity index (χ0n) is 12.3. The Balaban J connectivity index is 2.04. The van der Waals surface area contributed by atoms with Crippen molar-refractivity contribution < 1.29 is 4.79 Å². The van der Waals surface area contributed by atoms with Gasteiger partial charge in [-0.25, -0.2) is 0 Å². The van der Waals surface area contributed by atoms with E-state index in [4.69, 9.17) is 11.5 Å². The highest BCUT2D eigenvalue weighted by Crippen LogP contribution is 2.27. The van der Waals surface area contributed by atoms with Crippen molar-refractivity contribution in [2.75, 3.05) is 5.73 Å². The summed E-state index contributed by atoms with van der Waals surface area (Å²) < 4.78 is 0. The number of thioether (sulfide) groups is 1. The van der Waals surface area contributed by atoms with E-state index >= 15 is 0 Å². The van der Waals surface area contributed by atoms with Gasteiger partial charge in [-0.1, -0.05) is 32.0 Å². The van der Waals surface area contributed by atoms with E-state index in [1.54, 1.807) is 23.9 Å². The standard InChI is InChI=1S/C17H20N2OS/c1-11(2)12-5-7-15(8-6-12)21-10-14-4-3-13(17(19)20)9-16(14)18/h3-9,11H,10,18H2,1-2H3,(H2,19,20). The lowest BCUT2D eigenvalue weighted by Crippen LogP contribution is -2.11. The molecule has 0 atom stereocenters. The van der Waals surface area contributed by atoms with Gasteiger partial charge in [0.25, 0.3) is 0 Å². The van der Waals surface area contributed by atoms with Gasteiger partial charge in [0.1, 0.15) is 0 Å². The molecule has 0 aliphatic carbocycles. The number of carbonyl (C=O) groups is 1. The molecule has 0 unspecified atom stereocenters. The van der Waals surface area contributed by atoms with Crippen molar-refractivity contribution in [1.82, 2.24) is 0 Å². The van der Waals surface area contributed by atoms with Gasteiger partial charge in [0, 0.05) is 21.9 Å². The molecule has 3 nitrogen and oxygen atoms in total. The second-order valence-corrected chi connectivity index (χ2v) is 6.34. The van der Waals surface area contributed by atoms with E-state index in [1.165, 1.54) is 10.5 Å². The van der Waals surface area contributed by atoms with E-state index in [2.05, 4.69) is 38.1 Å². The number of hydrogen-bond acceptors (Lipinski definition) is 3. The number of nitrogen functional groups attached to an aromatic ring is 1. The number of hydrogen-bond donors (Lipinski definition) is 2. The summed E-state index contributed by atoms with van der Waals surface area (Å²) in [7, 11) is 0. The first kappa shape index (κ1) is 15.4. The summed E-state index contributed by atoms with van der Waals surface area (Å²) >= 11 is 1.73. The van der Waals surface area contributed by atoms with E-state index < -0.39 is 5.91 Å². The van der Waals surface area contributed by atoms with Gasteiger partial charge in [-0.3, -0.25) is 4.79 Å². The Morgan fingerprint density at radius 1 is 1.14 bits per heavy atom. The molecule has 2 aromatic rings. The van der Waals surface area contributed by atoms with E-state index in [9.17, 15) is 4.79 Å². The van der Waals surface area contributed by atoms with Gasteiger partial charge < -0.3 is 11.5 Å². The minimum absolute atomic E-state index is 0.447. The molecule has 2 aromatic carbocycles. The van der Waals surface area contributed by atoms with Crippen LogP contribution in [0.4, 0.5) is 5.69 Å². The van der Waals surface area contributed by atoms with Gasteiger partial charge in [-0.05, 0) is 41.3 Å². The van der Waals surface area contributed by atoms with Crippen LogP contribution < -0.4 is 11.5 Å². The summed E-state index contributed by atoms with van der Waals surface area (Å²) in [6, 6.07) is 13.8. The Kier molecular flexibility index (Phi) is 4.91. The van der Waals surface area contributed by atoms with Crippen LogP contribution in [0.3, 0.4) is 0 Å². The Hall–Kier alpha value is -1.94. The number of amides is 1. The summed E-state index contributed by atoms with van der Waals surface area (Å²) in [5.41, 5.74) is 14.6. The van der Waals surface area contributed by atoms with Crippen molar-refractivity contribution >= 4 is 23.4 Å². The topological polar surface area (TPSA) is 69.1 Å². The lowest BCUT2D eigenvalue weighted by molar-refractivity contribution is 0.100. The minimum Gasteiger partial charge on any atom is -0.398 e. The molecular weight excluding hydrogens is 280 g/mol. The predicted octanol–water partition coefficient (Wildman–Crippen LogP) is 3.78. The molecule has 0 saturated carbocycles. The highest BCUT2D eigenvalue weighted by molar-refractivity contribution is 7.98. The number of rotatable bonds is 5. The largest absolute Gasteiger partial charge is 0.398 e. The summed E-state index contributed by atoms with van der Waals surface area (Å²) in [4.78, 5) is 12.3. The highest BCUT2D eigenvalue weighted by atomic mass is 32.2. The van der Waals surface area contributed by atoms with E-state index in [0.717, 1.165) is 11.3 Å². The van der Waals surface area contributed by atoms with Crippen LogP contribution in [0.5, 0.6) is 0 Å². The van der Waals surface area contributed by atoms with Crippen molar-refractivity contribution in [1.29, 1.82) is 0 Å². The maximum Gasteiger partial charge on any atom is 0.248 e. The summed E-state index contributed by atoms with van der Waals surface area (Å²) in [6.45, 7) is 4.37. The molecule has 21 heavy (non-hydrogen) atoms. The van der Waals surface area contributed by atoms with Crippen LogP contribution in [0, 0.1) is 0 Å². The molecule has 0 heterocycles. The fourth-order valence-electron chi connectivity index (χ4n) is 1.99. The highest BCUT2D eigenvalue weighted by Gasteiger charge is 2.06. The fraction of sp³-hybridized carbons (Fsp3) is 0.235. The average molecular weight is 300 g/mol. The lowest BCUT2D eigenvalue weighted by Gasteiger charge is -2.09. The quantitative estimate of drug-likeness (QED) is 0.652. The Bertz CT molecular complexity index is 636. The Labute approximate surface area is 129 Å². The number of carbonyl (C=O) groups excluding carboxylic acids is 1. The first-order valence-electron chi connectivity index (χ1n) is 6.88. The monoisotopic (exact) mass is 300 g/mol. The molecule has 0 aliphatic rings. The predicted molar refractivity (Wildman–Crippen MR) is 89.5 cm³/mol. The maximum absolute atomic E-state index is 11.1. The van der Waals surface area contributed by atoms with Crippen LogP contribution in [0.2, 0.25) is 0 Å². The first-order valence-corrected chi connectivity index (χ1v) is 7.87. The molecule has 0 bridgehead atoms. The molecule has 0 fully saturated rings. The van der Waals surface area contributed by atoms with Gasteiger partial charge in [0.2, 0.25) is 5.91 Å². The van der Waals surface area contributed by atoms with Crippen LogP contribution in [0.1, 0.15) is 41.3 Å². The zero-order valence-corrected chi connectivity index (χ0v) is 13.1. The van der Waals surface area contributed by atoms with Crippen molar-refractivity contribution in [3.8, 4) is 0 Å². The fourth-order valence-corrected chi connectivity index (χ4v) is 2.90. The van der Waals surface area contributed by atoms with Crippen LogP contribution in [-0.2, 0) is 5.75 Å². The molecule has 0 saturated heterocycles. The van der Waals surface area contributed by atoms with Crippen LogP contribution >= 0.6 is 11.8 Å². The molecule has 0 spiro atoms. The molecular formula is C17H20N2OS. The summed E-state index contributed by atoms with van der Waals surface area (Å²) in [6.07, 6.45) is 0. The van der Waals surface area contributed by atoms with E-state index in [-0.39, 0.29) is 0 Å². The van der Waals surface area contributed by atoms with Crippen molar-refractivity contribution in [3.05, 3.63) is 59.2 Å². The van der Waals surface area contributed by atoms with Gasteiger partial charge in [0.15, 0.2) is 0 Å². The third-order valence-corrected chi connectivity index (χ3v) is 4.43. The second-order valence-electron chi connectivity index (χ2n) is 5.29. The molecule has 2 rings (SSSR count). The maximum atomic E-state index is 11.1. The summed E-state index contributed by atoms with van der Waals surface area (Å²) in [5, 5.41) is 0. The van der Waals surface area contributed by atoms with Crippen molar-refractivity contribution in [3.63, 3.8) is 0 Å². The van der Waals surface area contributed by atoms with Crippen LogP contribution in [0.15, 0.2) is 47.4 Å². The molecule has 1 amide bonds. The molecule has 0 aliphatic heterocycles. The minimum atomic E-state index is -0.454. The molecule has 0 aromatic heterocycles. The zero-order chi connectivity index (χ0) is 15.4. The average Bonchev–Trinajstić information content (AvgIpc) is 2.46. The van der Waals surface area contributed by atoms with Crippen LogP contribution in [-0.4, -0.2) is 5.91 Å². The normalized spacial score (nSPS) is 10.8. The molecule has 4 N–H and O–H groups in total. The van der Waals surface area contributed by atoms with E-state index in [0.29, 0.717) is 17.2 Å². The number of primary amides is 1. The van der Waals surface area contributed by atoms with Gasteiger partial charge in [-0.15, -0.1) is 11.8 Å². The van der Waals surface area contributed by atoms with Gasteiger partial charge in [0.05, 0.1) is 0 Å². The third-order valence-electron chi connectivity index (χ3n) is 3.37. The first-order chi connectivity index (χ1) is 9.97. The van der Waals surface area contributed by atoms with Gasteiger partial charge >= 0.3 is 0 Å². The molecule has 0 radical (unpaired) electrons. The van der Waals surface area contributed by atoms with Crippen LogP contribution in [0.25, 0.3) is 0 Å². The van der Waals surface area contributed by atoms with Crippen molar-refractivity contribution in [2.24, 2.45) is 5.73 Å². The smallest absolute Gasteiger partial charge is 0.248 e. The second kappa shape index (κ2) is 6.68. The Morgan fingerprint density at radius 3 is 2.33 bits per heavy atom. The third kappa shape index (κ3) is 4.02. The molecule has 4 heteroatoms. The SMILES string of the molecule is CC(C)c1ccc(SCc2ccc(C(N)=O)cc2N)cc1. The number of anilines is 1. The van der Waals surface area contributed by atoms with E-state index in [1.807, 2.05) is 6.07 Å². The number of nitrogens with two attached hydrogens (primary N) is 2. The van der Waals surface area contributed by atoms with Gasteiger partial charge in [-0.2, -0.15) is 0 Å². The summed E-state index contributed by atoms with van der Waals surface area (Å²) in [5.74, 6) is 0.859. The number of benzene rings is 2. The van der Waals surface area contributed by atoms with Crippen molar-refractivity contribution in [2.45, 2.75) is 30.4 Å². The molecule has 110 valence electrons. The lowest BCUT2D eigenvalue weighted by atomic mass is 10.0. The Morgan fingerprint density at radius 2 is 1.81 bits per heavy atom.